The molecule has 0 spiro atoms. The van der Waals surface area contributed by atoms with Gasteiger partial charge in [-0.15, -0.1) is 0 Å². The fourth-order valence-corrected chi connectivity index (χ4v) is 2.99. The number of hydrogen-bond acceptors (Lipinski definition) is 3. The molecule has 1 aliphatic rings. The van der Waals surface area contributed by atoms with Crippen LogP contribution in [0.5, 0.6) is 11.5 Å². The summed E-state index contributed by atoms with van der Waals surface area (Å²) in [5.41, 5.74) is 2.26. The zero-order chi connectivity index (χ0) is 12.4. The van der Waals surface area contributed by atoms with E-state index in [0.717, 1.165) is 39.8 Å². The summed E-state index contributed by atoms with van der Waals surface area (Å²) in [5, 5.41) is 0. The maximum absolute atomic E-state index is 10.6. The lowest BCUT2D eigenvalue weighted by Crippen LogP contribution is -1.99. The lowest BCUT2D eigenvalue weighted by atomic mass is 9.95. The van der Waals surface area contributed by atoms with Crippen molar-refractivity contribution in [2.24, 2.45) is 0 Å². The highest BCUT2D eigenvalue weighted by atomic mass is 79.9. The van der Waals surface area contributed by atoms with E-state index < -0.39 is 0 Å². The summed E-state index contributed by atoms with van der Waals surface area (Å²) in [6, 6.07) is 1.96. The van der Waals surface area contributed by atoms with Crippen molar-refractivity contribution in [2.75, 3.05) is 13.7 Å². The summed E-state index contributed by atoms with van der Waals surface area (Å²) in [6.45, 7) is 2.73. The molecule has 1 aromatic rings. The van der Waals surface area contributed by atoms with Crippen LogP contribution >= 0.6 is 15.9 Å². The summed E-state index contributed by atoms with van der Waals surface area (Å²) in [6.07, 6.45) is 2.35. The number of rotatable bonds is 4. The average Bonchev–Trinajstić information content (AvgIpc) is 2.79. The van der Waals surface area contributed by atoms with Gasteiger partial charge in [-0.25, -0.2) is 0 Å². The number of halogens is 1. The minimum atomic E-state index is 0.182. The molecule has 4 heteroatoms. The molecule has 1 unspecified atom stereocenters. The fourth-order valence-electron chi connectivity index (χ4n) is 2.11. The van der Waals surface area contributed by atoms with Crippen molar-refractivity contribution >= 4 is 22.2 Å². The van der Waals surface area contributed by atoms with Crippen molar-refractivity contribution < 1.29 is 14.3 Å². The zero-order valence-electron chi connectivity index (χ0n) is 9.96. The number of carbonyl (C=O) groups is 1. The molecule has 0 radical (unpaired) electrons. The van der Waals surface area contributed by atoms with Crippen molar-refractivity contribution in [3.05, 3.63) is 21.7 Å². The largest absolute Gasteiger partial charge is 0.493 e. The van der Waals surface area contributed by atoms with Crippen LogP contribution in [0.15, 0.2) is 10.5 Å². The summed E-state index contributed by atoms with van der Waals surface area (Å²) in [7, 11) is 1.64. The van der Waals surface area contributed by atoms with Crippen LogP contribution in [0.4, 0.5) is 0 Å². The second-order valence-corrected chi connectivity index (χ2v) is 4.98. The van der Waals surface area contributed by atoms with Gasteiger partial charge in [-0.1, -0.05) is 22.9 Å². The summed E-state index contributed by atoms with van der Waals surface area (Å²) >= 11 is 3.61. The van der Waals surface area contributed by atoms with Crippen LogP contribution < -0.4 is 9.47 Å². The minimum Gasteiger partial charge on any atom is -0.493 e. The van der Waals surface area contributed by atoms with E-state index in [-0.39, 0.29) is 5.92 Å². The zero-order valence-corrected chi connectivity index (χ0v) is 11.5. The predicted octanol–water partition coefficient (Wildman–Crippen LogP) is 3.09. The first-order valence-corrected chi connectivity index (χ1v) is 6.44. The molecule has 1 atom stereocenters. The van der Waals surface area contributed by atoms with E-state index in [0.29, 0.717) is 13.0 Å². The van der Waals surface area contributed by atoms with Gasteiger partial charge in [0.2, 0.25) is 0 Å². The molecule has 0 amide bonds. The first-order valence-electron chi connectivity index (χ1n) is 5.64. The third-order valence-corrected chi connectivity index (χ3v) is 4.04. The number of fused-ring (bicyclic) bond motifs is 1. The number of ether oxygens (including phenoxy) is 2. The lowest BCUT2D eigenvalue weighted by Gasteiger charge is -2.16. The average molecular weight is 299 g/mol. The maximum Gasteiger partial charge on any atom is 0.165 e. The molecule has 1 heterocycles. The second kappa shape index (κ2) is 5.08. The SMILES string of the molecule is COc1cc(C(C)CC=O)c(Br)c2c1OCC2. The molecule has 17 heavy (non-hydrogen) atoms. The number of methoxy groups -OCH3 is 1. The van der Waals surface area contributed by atoms with E-state index in [9.17, 15) is 4.79 Å². The number of benzene rings is 1. The van der Waals surface area contributed by atoms with E-state index in [4.69, 9.17) is 9.47 Å². The first kappa shape index (κ1) is 12.4. The van der Waals surface area contributed by atoms with Crippen molar-refractivity contribution in [1.29, 1.82) is 0 Å². The van der Waals surface area contributed by atoms with Gasteiger partial charge in [-0.05, 0) is 17.5 Å². The molecule has 92 valence electrons. The molecule has 0 aromatic heterocycles. The number of aldehydes is 1. The van der Waals surface area contributed by atoms with Gasteiger partial charge in [-0.3, -0.25) is 0 Å². The Morgan fingerprint density at radius 2 is 2.41 bits per heavy atom. The molecule has 0 aliphatic carbocycles. The van der Waals surface area contributed by atoms with E-state index >= 15 is 0 Å². The normalized spacial score (nSPS) is 15.0. The molecule has 1 aromatic carbocycles. The van der Waals surface area contributed by atoms with Crippen LogP contribution in [0, 0.1) is 0 Å². The highest BCUT2D eigenvalue weighted by Gasteiger charge is 2.24. The van der Waals surface area contributed by atoms with Gasteiger partial charge < -0.3 is 14.3 Å². The van der Waals surface area contributed by atoms with E-state index in [1.807, 2.05) is 13.0 Å². The molecule has 0 fully saturated rings. The van der Waals surface area contributed by atoms with Gasteiger partial charge >= 0.3 is 0 Å². The van der Waals surface area contributed by atoms with E-state index in [2.05, 4.69) is 15.9 Å². The molecule has 1 aliphatic heterocycles. The van der Waals surface area contributed by atoms with Gasteiger partial charge in [-0.2, -0.15) is 0 Å². The van der Waals surface area contributed by atoms with Crippen molar-refractivity contribution in [1.82, 2.24) is 0 Å². The van der Waals surface area contributed by atoms with Gasteiger partial charge in [0.1, 0.15) is 6.29 Å². The third kappa shape index (κ3) is 2.18. The fraction of sp³-hybridized carbons (Fsp3) is 0.462. The molecule has 0 saturated heterocycles. The topological polar surface area (TPSA) is 35.5 Å². The Kier molecular flexibility index (Phi) is 3.72. The van der Waals surface area contributed by atoms with Gasteiger partial charge in [0.05, 0.1) is 13.7 Å². The van der Waals surface area contributed by atoms with Crippen LogP contribution in [0.2, 0.25) is 0 Å². The maximum atomic E-state index is 10.6. The van der Waals surface area contributed by atoms with Crippen LogP contribution in [0.25, 0.3) is 0 Å². The summed E-state index contributed by atoms with van der Waals surface area (Å²) in [5.74, 6) is 1.77. The Balaban J connectivity index is 2.50. The Hall–Kier alpha value is -1.03. The van der Waals surface area contributed by atoms with Crippen molar-refractivity contribution in [3.63, 3.8) is 0 Å². The van der Waals surface area contributed by atoms with Crippen LogP contribution in [-0.2, 0) is 11.2 Å². The highest BCUT2D eigenvalue weighted by molar-refractivity contribution is 9.10. The Bertz CT molecular complexity index is 443. The van der Waals surface area contributed by atoms with E-state index in [1.165, 1.54) is 0 Å². The Morgan fingerprint density at radius 1 is 1.65 bits per heavy atom. The van der Waals surface area contributed by atoms with Gasteiger partial charge in [0, 0.05) is 22.9 Å². The third-order valence-electron chi connectivity index (χ3n) is 3.10. The van der Waals surface area contributed by atoms with Crippen LogP contribution in [0.3, 0.4) is 0 Å². The molecule has 0 saturated carbocycles. The van der Waals surface area contributed by atoms with Crippen molar-refractivity contribution in [3.8, 4) is 11.5 Å². The first-order chi connectivity index (χ1) is 8.19. The predicted molar refractivity (Wildman–Crippen MR) is 69.0 cm³/mol. The monoisotopic (exact) mass is 298 g/mol. The summed E-state index contributed by atoms with van der Waals surface area (Å²) in [4.78, 5) is 10.6. The smallest absolute Gasteiger partial charge is 0.165 e. The standard InChI is InChI=1S/C13H15BrO3/c1-8(3-5-15)10-7-11(16-2)13-9(12(10)14)4-6-17-13/h5,7-8H,3-4,6H2,1-2H3. The Labute approximate surface area is 109 Å². The molecular formula is C13H15BrO3. The van der Waals surface area contributed by atoms with Crippen LogP contribution in [0.1, 0.15) is 30.4 Å². The highest BCUT2D eigenvalue weighted by Crippen LogP contribution is 2.44. The quantitative estimate of drug-likeness (QED) is 0.802. The van der Waals surface area contributed by atoms with Gasteiger partial charge in [0.15, 0.2) is 11.5 Å². The molecular weight excluding hydrogens is 284 g/mol. The molecule has 0 N–H and O–H groups in total. The number of hydrogen-bond donors (Lipinski definition) is 0. The lowest BCUT2D eigenvalue weighted by molar-refractivity contribution is -0.108. The molecule has 2 rings (SSSR count). The van der Waals surface area contributed by atoms with E-state index in [1.54, 1.807) is 7.11 Å². The van der Waals surface area contributed by atoms with Crippen LogP contribution in [-0.4, -0.2) is 20.0 Å². The molecule has 0 bridgehead atoms. The van der Waals surface area contributed by atoms with Crippen molar-refractivity contribution in [2.45, 2.75) is 25.7 Å². The minimum absolute atomic E-state index is 0.182. The summed E-state index contributed by atoms with van der Waals surface area (Å²) < 4.78 is 12.0. The molecule has 3 nitrogen and oxygen atoms in total. The van der Waals surface area contributed by atoms with Gasteiger partial charge in [0.25, 0.3) is 0 Å². The second-order valence-electron chi connectivity index (χ2n) is 4.19. The number of carbonyl (C=O) groups excluding carboxylic acids is 1. The Morgan fingerprint density at radius 3 is 3.06 bits per heavy atom.